The Labute approximate surface area is 104 Å². The van der Waals surface area contributed by atoms with Crippen LogP contribution in [0.5, 0.6) is 0 Å². The zero-order chi connectivity index (χ0) is 12.7. The fraction of sp³-hybridized carbons (Fsp3) is 0.929. The molecule has 3 nitrogen and oxygen atoms in total. The van der Waals surface area contributed by atoms with Crippen molar-refractivity contribution in [2.75, 3.05) is 7.11 Å². The molecule has 0 radical (unpaired) electrons. The van der Waals surface area contributed by atoms with E-state index in [2.05, 4.69) is 26.1 Å². The normalized spacial score (nSPS) is 24.2. The summed E-state index contributed by atoms with van der Waals surface area (Å²) >= 11 is 0. The standard InChI is InChI=1S/C14H25NO2/c1-13(2,3)11(9-10-5-6-10)15-12(16)14(17-4)7-8-14/h10-11H,5-9H2,1-4H3,(H,15,16). The lowest BCUT2D eigenvalue weighted by Gasteiger charge is -2.33. The zero-order valence-electron chi connectivity index (χ0n) is 11.5. The highest BCUT2D eigenvalue weighted by atomic mass is 16.5. The highest BCUT2D eigenvalue weighted by Crippen LogP contribution is 2.41. The first-order valence-electron chi connectivity index (χ1n) is 6.73. The van der Waals surface area contributed by atoms with E-state index in [1.54, 1.807) is 7.11 Å². The van der Waals surface area contributed by atoms with Crippen LogP contribution in [-0.4, -0.2) is 24.7 Å². The predicted octanol–water partition coefficient (Wildman–Crippen LogP) is 2.50. The van der Waals surface area contributed by atoms with Crippen LogP contribution in [-0.2, 0) is 9.53 Å². The third-order valence-corrected chi connectivity index (χ3v) is 4.13. The monoisotopic (exact) mass is 239 g/mol. The van der Waals surface area contributed by atoms with Crippen LogP contribution in [0.3, 0.4) is 0 Å². The van der Waals surface area contributed by atoms with Crippen LogP contribution in [0.4, 0.5) is 0 Å². The van der Waals surface area contributed by atoms with Crippen molar-refractivity contribution < 1.29 is 9.53 Å². The molecule has 0 aromatic heterocycles. The molecular weight excluding hydrogens is 214 g/mol. The van der Waals surface area contributed by atoms with Gasteiger partial charge in [0, 0.05) is 13.2 Å². The lowest BCUT2D eigenvalue weighted by atomic mass is 9.83. The second-order valence-corrected chi connectivity index (χ2v) is 6.77. The fourth-order valence-electron chi connectivity index (χ4n) is 2.24. The number of hydrogen-bond donors (Lipinski definition) is 1. The number of ether oxygens (including phenoxy) is 1. The summed E-state index contributed by atoms with van der Waals surface area (Å²) in [5, 5.41) is 3.22. The molecule has 0 heterocycles. The number of carbonyl (C=O) groups is 1. The summed E-state index contributed by atoms with van der Waals surface area (Å²) in [6.45, 7) is 6.60. The lowest BCUT2D eigenvalue weighted by Crippen LogP contribution is -2.49. The van der Waals surface area contributed by atoms with Gasteiger partial charge in [0.25, 0.3) is 5.91 Å². The third kappa shape index (κ3) is 3.01. The molecule has 17 heavy (non-hydrogen) atoms. The molecule has 0 aliphatic heterocycles. The van der Waals surface area contributed by atoms with Gasteiger partial charge >= 0.3 is 0 Å². The highest BCUT2D eigenvalue weighted by molar-refractivity contribution is 5.88. The molecule has 2 aliphatic rings. The van der Waals surface area contributed by atoms with Gasteiger partial charge < -0.3 is 10.1 Å². The van der Waals surface area contributed by atoms with Crippen LogP contribution >= 0.6 is 0 Å². The molecule has 98 valence electrons. The van der Waals surface area contributed by atoms with Crippen molar-refractivity contribution in [2.45, 2.75) is 64.5 Å². The van der Waals surface area contributed by atoms with E-state index in [0.29, 0.717) is 0 Å². The van der Waals surface area contributed by atoms with Gasteiger partial charge in [-0.15, -0.1) is 0 Å². The Balaban J connectivity index is 1.94. The van der Waals surface area contributed by atoms with E-state index in [1.165, 1.54) is 12.8 Å². The first-order chi connectivity index (χ1) is 7.87. The Morgan fingerprint density at radius 2 is 2.00 bits per heavy atom. The van der Waals surface area contributed by atoms with Crippen LogP contribution in [0.25, 0.3) is 0 Å². The van der Waals surface area contributed by atoms with E-state index in [0.717, 1.165) is 25.2 Å². The van der Waals surface area contributed by atoms with Crippen molar-refractivity contribution in [3.63, 3.8) is 0 Å². The van der Waals surface area contributed by atoms with Crippen molar-refractivity contribution in [1.29, 1.82) is 0 Å². The Bertz CT molecular complexity index is 298. The zero-order valence-corrected chi connectivity index (χ0v) is 11.5. The molecule has 2 rings (SSSR count). The van der Waals surface area contributed by atoms with Crippen LogP contribution in [0, 0.1) is 11.3 Å². The molecule has 2 saturated carbocycles. The molecule has 2 fully saturated rings. The van der Waals surface area contributed by atoms with Crippen molar-refractivity contribution in [3.05, 3.63) is 0 Å². The van der Waals surface area contributed by atoms with Gasteiger partial charge in [0.15, 0.2) is 0 Å². The SMILES string of the molecule is COC1(C(=O)NC(CC2CC2)C(C)(C)C)CC1. The van der Waals surface area contributed by atoms with Gasteiger partial charge in [0.2, 0.25) is 0 Å². The number of methoxy groups -OCH3 is 1. The van der Waals surface area contributed by atoms with Crippen molar-refractivity contribution in [2.24, 2.45) is 11.3 Å². The second kappa shape index (κ2) is 4.27. The van der Waals surface area contributed by atoms with E-state index in [4.69, 9.17) is 4.74 Å². The summed E-state index contributed by atoms with van der Waals surface area (Å²) in [6.07, 6.45) is 5.52. The van der Waals surface area contributed by atoms with Crippen LogP contribution in [0.2, 0.25) is 0 Å². The van der Waals surface area contributed by atoms with Gasteiger partial charge in [-0.1, -0.05) is 33.6 Å². The first kappa shape index (κ1) is 12.9. The molecule has 0 aromatic rings. The smallest absolute Gasteiger partial charge is 0.252 e. The minimum atomic E-state index is -0.493. The number of rotatable bonds is 5. The van der Waals surface area contributed by atoms with E-state index >= 15 is 0 Å². The molecule has 1 atom stereocenters. The second-order valence-electron chi connectivity index (χ2n) is 6.77. The summed E-state index contributed by atoms with van der Waals surface area (Å²) in [6, 6.07) is 0.273. The largest absolute Gasteiger partial charge is 0.368 e. The van der Waals surface area contributed by atoms with Gasteiger partial charge in [0.1, 0.15) is 5.60 Å². The third-order valence-electron chi connectivity index (χ3n) is 4.13. The molecule has 1 N–H and O–H groups in total. The maximum atomic E-state index is 12.2. The molecule has 1 unspecified atom stereocenters. The average Bonchev–Trinajstić information content (AvgIpc) is 3.11. The minimum absolute atomic E-state index is 0.0978. The van der Waals surface area contributed by atoms with Gasteiger partial charge in [-0.25, -0.2) is 0 Å². The Kier molecular flexibility index (Phi) is 3.23. The lowest BCUT2D eigenvalue weighted by molar-refractivity contribution is -0.135. The number of carbonyl (C=O) groups excluding carboxylic acids is 1. The molecular formula is C14H25NO2. The van der Waals surface area contributed by atoms with E-state index < -0.39 is 5.60 Å². The van der Waals surface area contributed by atoms with Crippen LogP contribution in [0.15, 0.2) is 0 Å². The van der Waals surface area contributed by atoms with E-state index in [1.807, 2.05) is 0 Å². The first-order valence-corrected chi connectivity index (χ1v) is 6.73. The quantitative estimate of drug-likeness (QED) is 0.800. The molecule has 1 amide bonds. The molecule has 0 aromatic carbocycles. The molecule has 0 saturated heterocycles. The number of hydrogen-bond acceptors (Lipinski definition) is 2. The van der Waals surface area contributed by atoms with Gasteiger partial charge in [-0.05, 0) is 30.6 Å². The number of nitrogens with one attached hydrogen (secondary N) is 1. The fourth-order valence-corrected chi connectivity index (χ4v) is 2.24. The summed E-state index contributed by atoms with van der Waals surface area (Å²) in [4.78, 5) is 12.2. The van der Waals surface area contributed by atoms with Gasteiger partial charge in [-0.3, -0.25) is 4.79 Å². The average molecular weight is 239 g/mol. The highest BCUT2D eigenvalue weighted by Gasteiger charge is 2.51. The summed E-state index contributed by atoms with van der Waals surface area (Å²) in [5.41, 5.74) is -0.366. The maximum absolute atomic E-state index is 12.2. The summed E-state index contributed by atoms with van der Waals surface area (Å²) in [7, 11) is 1.64. The molecule has 0 bridgehead atoms. The Hall–Kier alpha value is -0.570. The van der Waals surface area contributed by atoms with Crippen LogP contribution in [0.1, 0.15) is 52.9 Å². The van der Waals surface area contributed by atoms with Crippen LogP contribution < -0.4 is 5.32 Å². The van der Waals surface area contributed by atoms with Crippen molar-refractivity contribution >= 4 is 5.91 Å². The minimum Gasteiger partial charge on any atom is -0.368 e. The number of amides is 1. The van der Waals surface area contributed by atoms with Gasteiger partial charge in [0.05, 0.1) is 0 Å². The summed E-state index contributed by atoms with van der Waals surface area (Å²) < 4.78 is 5.33. The van der Waals surface area contributed by atoms with Gasteiger partial charge in [-0.2, -0.15) is 0 Å². The maximum Gasteiger partial charge on any atom is 0.252 e. The van der Waals surface area contributed by atoms with E-state index in [-0.39, 0.29) is 17.4 Å². The topological polar surface area (TPSA) is 38.3 Å². The Morgan fingerprint density at radius 1 is 1.41 bits per heavy atom. The molecule has 2 aliphatic carbocycles. The summed E-state index contributed by atoms with van der Waals surface area (Å²) in [5.74, 6) is 0.929. The molecule has 0 spiro atoms. The predicted molar refractivity (Wildman–Crippen MR) is 67.7 cm³/mol. The van der Waals surface area contributed by atoms with E-state index in [9.17, 15) is 4.79 Å². The van der Waals surface area contributed by atoms with Crippen molar-refractivity contribution in [3.8, 4) is 0 Å². The Morgan fingerprint density at radius 3 is 2.35 bits per heavy atom. The molecule has 3 heteroatoms. The van der Waals surface area contributed by atoms with Crippen molar-refractivity contribution in [1.82, 2.24) is 5.32 Å².